The fraction of sp³-hybridized carbons (Fsp3) is 0.167. The highest BCUT2D eigenvalue weighted by Gasteiger charge is 2.16. The highest BCUT2D eigenvalue weighted by atomic mass is 32.2. The summed E-state index contributed by atoms with van der Waals surface area (Å²) in [6.07, 6.45) is 0.970. The highest BCUT2D eigenvalue weighted by Crippen LogP contribution is 2.34. The maximum Gasteiger partial charge on any atom is 0.266 e. The number of para-hydroxylation sites is 1. The maximum atomic E-state index is 13.3. The summed E-state index contributed by atoms with van der Waals surface area (Å²) < 4.78 is 1.74. The van der Waals surface area contributed by atoms with E-state index in [1.54, 1.807) is 16.3 Å². The molecule has 0 spiro atoms. The monoisotopic (exact) mass is 386 g/mol. The summed E-state index contributed by atoms with van der Waals surface area (Å²) in [6, 6.07) is 26.0. The van der Waals surface area contributed by atoms with Gasteiger partial charge < -0.3 is 0 Å². The minimum Gasteiger partial charge on any atom is -0.268 e. The van der Waals surface area contributed by atoms with Gasteiger partial charge >= 0.3 is 0 Å². The maximum absolute atomic E-state index is 13.3. The largest absolute Gasteiger partial charge is 0.268 e. The molecule has 0 saturated carbocycles. The molecule has 0 aliphatic heterocycles. The van der Waals surface area contributed by atoms with Crippen molar-refractivity contribution in [2.45, 2.75) is 30.7 Å². The van der Waals surface area contributed by atoms with Crippen LogP contribution in [0, 0.1) is 0 Å². The number of aromatic nitrogens is 2. The van der Waals surface area contributed by atoms with E-state index in [9.17, 15) is 4.79 Å². The third-order valence-electron chi connectivity index (χ3n) is 4.90. The highest BCUT2D eigenvalue weighted by molar-refractivity contribution is 7.99. The van der Waals surface area contributed by atoms with Crippen molar-refractivity contribution in [2.75, 3.05) is 0 Å². The predicted octanol–water partition coefficient (Wildman–Crippen LogP) is 5.80. The summed E-state index contributed by atoms with van der Waals surface area (Å²) in [5.74, 6) is 0. The summed E-state index contributed by atoms with van der Waals surface area (Å²) in [5.41, 5.74) is 4.01. The fourth-order valence-electron chi connectivity index (χ4n) is 3.25. The van der Waals surface area contributed by atoms with Crippen molar-refractivity contribution in [3.63, 3.8) is 0 Å². The molecule has 1 atom stereocenters. The van der Waals surface area contributed by atoms with Gasteiger partial charge in [0.2, 0.25) is 0 Å². The number of benzene rings is 3. The zero-order valence-corrected chi connectivity index (χ0v) is 16.8. The van der Waals surface area contributed by atoms with Crippen molar-refractivity contribution in [3.05, 3.63) is 100 Å². The molecule has 0 radical (unpaired) electrons. The molecule has 0 saturated heterocycles. The number of fused-ring (bicyclic) bond motifs is 1. The van der Waals surface area contributed by atoms with Gasteiger partial charge in [-0.1, -0.05) is 73.3 Å². The summed E-state index contributed by atoms with van der Waals surface area (Å²) in [5, 5.41) is 1.53. The van der Waals surface area contributed by atoms with Gasteiger partial charge in [0.1, 0.15) is 0 Å². The molecule has 1 aromatic heterocycles. The Balaban J connectivity index is 1.86. The van der Waals surface area contributed by atoms with Crippen LogP contribution in [0.2, 0.25) is 0 Å². The van der Waals surface area contributed by atoms with E-state index in [4.69, 9.17) is 4.98 Å². The minimum atomic E-state index is -0.0300. The van der Waals surface area contributed by atoms with Gasteiger partial charge in [0.25, 0.3) is 5.56 Å². The van der Waals surface area contributed by atoms with Crippen molar-refractivity contribution in [2.24, 2.45) is 0 Å². The van der Waals surface area contributed by atoms with Crippen LogP contribution in [0.5, 0.6) is 0 Å². The Kier molecular flexibility index (Phi) is 5.31. The molecule has 0 amide bonds. The summed E-state index contributed by atoms with van der Waals surface area (Å²) in [4.78, 5) is 18.2. The lowest BCUT2D eigenvalue weighted by atomic mass is 10.1. The first kappa shape index (κ1) is 18.5. The van der Waals surface area contributed by atoms with Crippen molar-refractivity contribution in [1.82, 2.24) is 9.55 Å². The van der Waals surface area contributed by atoms with Crippen LogP contribution in [0.1, 0.15) is 30.2 Å². The lowest BCUT2D eigenvalue weighted by Crippen LogP contribution is -2.22. The third kappa shape index (κ3) is 3.60. The first-order chi connectivity index (χ1) is 13.7. The molecule has 0 fully saturated rings. The van der Waals surface area contributed by atoms with Crippen LogP contribution in [0.4, 0.5) is 0 Å². The second-order valence-corrected chi connectivity index (χ2v) is 8.05. The van der Waals surface area contributed by atoms with Crippen molar-refractivity contribution < 1.29 is 0 Å². The Morgan fingerprint density at radius 2 is 1.61 bits per heavy atom. The van der Waals surface area contributed by atoms with Gasteiger partial charge in [0.05, 0.1) is 16.6 Å². The van der Waals surface area contributed by atoms with E-state index >= 15 is 0 Å². The standard InChI is InChI=1S/C24H22N2OS/c1-3-18-13-15-20(16-14-18)26-23(27)21-11-7-8-12-22(21)25-24(26)28-17(2)19-9-5-4-6-10-19/h4-17H,3H2,1-2H3. The number of thioether (sulfide) groups is 1. The Labute approximate surface area is 169 Å². The van der Waals surface area contributed by atoms with Crippen LogP contribution in [0.25, 0.3) is 16.6 Å². The van der Waals surface area contributed by atoms with E-state index in [-0.39, 0.29) is 10.8 Å². The molecule has 28 heavy (non-hydrogen) atoms. The van der Waals surface area contributed by atoms with Crippen molar-refractivity contribution in [3.8, 4) is 5.69 Å². The first-order valence-corrected chi connectivity index (χ1v) is 10.4. The van der Waals surface area contributed by atoms with Gasteiger partial charge in [-0.05, 0) is 48.7 Å². The lowest BCUT2D eigenvalue weighted by Gasteiger charge is -2.17. The summed E-state index contributed by atoms with van der Waals surface area (Å²) >= 11 is 1.61. The van der Waals surface area contributed by atoms with Crippen molar-refractivity contribution >= 4 is 22.7 Å². The molecule has 4 heteroatoms. The van der Waals surface area contributed by atoms with Crippen LogP contribution in [0.3, 0.4) is 0 Å². The molecule has 0 bridgehead atoms. The van der Waals surface area contributed by atoms with Crippen LogP contribution < -0.4 is 5.56 Å². The molecule has 0 N–H and O–H groups in total. The van der Waals surface area contributed by atoms with Crippen LogP contribution in [0.15, 0.2) is 88.8 Å². The molecule has 4 rings (SSSR count). The molecule has 3 aromatic carbocycles. The zero-order chi connectivity index (χ0) is 19.5. The van der Waals surface area contributed by atoms with Crippen LogP contribution in [-0.4, -0.2) is 9.55 Å². The molecule has 1 unspecified atom stereocenters. The van der Waals surface area contributed by atoms with E-state index < -0.39 is 0 Å². The Morgan fingerprint density at radius 1 is 0.929 bits per heavy atom. The van der Waals surface area contributed by atoms with Gasteiger partial charge in [-0.25, -0.2) is 4.98 Å². The zero-order valence-electron chi connectivity index (χ0n) is 16.0. The molecule has 0 aliphatic carbocycles. The van der Waals surface area contributed by atoms with Gasteiger partial charge in [0, 0.05) is 5.25 Å². The molecule has 1 heterocycles. The molecule has 140 valence electrons. The number of hydrogen-bond donors (Lipinski definition) is 0. The second kappa shape index (κ2) is 8.03. The van der Waals surface area contributed by atoms with E-state index in [2.05, 4.69) is 38.1 Å². The fourth-order valence-corrected chi connectivity index (χ4v) is 4.30. The Bertz CT molecular complexity index is 1150. The number of nitrogens with zero attached hydrogens (tertiary/aromatic N) is 2. The van der Waals surface area contributed by atoms with E-state index in [0.717, 1.165) is 17.6 Å². The molecule has 0 aliphatic rings. The van der Waals surface area contributed by atoms with E-state index in [0.29, 0.717) is 10.5 Å². The number of rotatable bonds is 5. The third-order valence-corrected chi connectivity index (χ3v) is 6.01. The molecule has 3 nitrogen and oxygen atoms in total. The SMILES string of the molecule is CCc1ccc(-n2c(SC(C)c3ccccc3)nc3ccccc3c2=O)cc1. The molecular weight excluding hydrogens is 364 g/mol. The first-order valence-electron chi connectivity index (χ1n) is 9.50. The topological polar surface area (TPSA) is 34.9 Å². The minimum absolute atomic E-state index is 0.0300. The molecular formula is C24H22N2OS. The molecule has 4 aromatic rings. The average molecular weight is 387 g/mol. The Morgan fingerprint density at radius 3 is 2.32 bits per heavy atom. The number of hydrogen-bond acceptors (Lipinski definition) is 3. The van der Waals surface area contributed by atoms with E-state index in [1.165, 1.54) is 11.1 Å². The summed E-state index contributed by atoms with van der Waals surface area (Å²) in [6.45, 7) is 4.27. The lowest BCUT2D eigenvalue weighted by molar-refractivity contribution is 0.814. The number of aryl methyl sites for hydroxylation is 1. The predicted molar refractivity (Wildman–Crippen MR) is 117 cm³/mol. The summed E-state index contributed by atoms with van der Waals surface area (Å²) in [7, 11) is 0. The van der Waals surface area contributed by atoms with Gasteiger partial charge in [0.15, 0.2) is 5.16 Å². The average Bonchev–Trinajstić information content (AvgIpc) is 2.75. The van der Waals surface area contributed by atoms with E-state index in [1.807, 2.05) is 54.6 Å². The van der Waals surface area contributed by atoms with Gasteiger partial charge in [-0.3, -0.25) is 9.36 Å². The Hall–Kier alpha value is -2.85. The normalized spacial score (nSPS) is 12.2. The second-order valence-electron chi connectivity index (χ2n) is 6.74. The van der Waals surface area contributed by atoms with Crippen molar-refractivity contribution in [1.29, 1.82) is 0 Å². The van der Waals surface area contributed by atoms with Crippen LogP contribution in [-0.2, 0) is 6.42 Å². The smallest absolute Gasteiger partial charge is 0.266 e. The van der Waals surface area contributed by atoms with Gasteiger partial charge in [-0.15, -0.1) is 0 Å². The quantitative estimate of drug-likeness (QED) is 0.321. The van der Waals surface area contributed by atoms with Crippen LogP contribution >= 0.6 is 11.8 Å². The van der Waals surface area contributed by atoms with Gasteiger partial charge in [-0.2, -0.15) is 0 Å².